The molecule has 3 nitrogen and oxygen atoms in total. The second-order valence-corrected chi connectivity index (χ2v) is 7.43. The third kappa shape index (κ3) is 3.77. The predicted molar refractivity (Wildman–Crippen MR) is 100 cm³/mol. The molecular weight excluding hydrogens is 308 g/mol. The SMILES string of the molecule is O=C1N[C@H]2CCC[C@@H]1CN(CC(c1ccccc1)c1ccccc1)C2. The fourth-order valence-electron chi connectivity index (χ4n) is 4.32. The molecule has 1 N–H and O–H groups in total. The van der Waals surface area contributed by atoms with Crippen LogP contribution in [-0.2, 0) is 4.79 Å². The first kappa shape index (κ1) is 16.3. The second kappa shape index (κ2) is 7.40. The highest BCUT2D eigenvalue weighted by molar-refractivity contribution is 5.79. The van der Waals surface area contributed by atoms with Crippen molar-refractivity contribution >= 4 is 5.91 Å². The van der Waals surface area contributed by atoms with Crippen molar-refractivity contribution in [3.8, 4) is 0 Å². The molecule has 0 radical (unpaired) electrons. The zero-order valence-electron chi connectivity index (χ0n) is 14.6. The third-order valence-corrected chi connectivity index (χ3v) is 5.62. The molecule has 2 atom stereocenters. The number of nitrogens with zero attached hydrogens (tertiary/aromatic N) is 1. The van der Waals surface area contributed by atoms with Crippen LogP contribution in [0.4, 0.5) is 0 Å². The van der Waals surface area contributed by atoms with E-state index in [1.54, 1.807) is 0 Å². The molecule has 0 unspecified atom stereocenters. The minimum Gasteiger partial charge on any atom is -0.352 e. The predicted octanol–water partition coefficient (Wildman–Crippen LogP) is 3.42. The maximum absolute atomic E-state index is 12.3. The van der Waals surface area contributed by atoms with Crippen LogP contribution in [0.15, 0.2) is 60.7 Å². The zero-order chi connectivity index (χ0) is 17.1. The van der Waals surface area contributed by atoms with E-state index < -0.39 is 0 Å². The minimum atomic E-state index is 0.152. The fourth-order valence-corrected chi connectivity index (χ4v) is 4.32. The summed E-state index contributed by atoms with van der Waals surface area (Å²) in [6.45, 7) is 2.83. The maximum Gasteiger partial charge on any atom is 0.224 e. The van der Waals surface area contributed by atoms with Gasteiger partial charge in [-0.3, -0.25) is 9.69 Å². The molecule has 130 valence electrons. The first-order valence-corrected chi connectivity index (χ1v) is 9.42. The van der Waals surface area contributed by atoms with Gasteiger partial charge in [0.15, 0.2) is 0 Å². The van der Waals surface area contributed by atoms with E-state index in [2.05, 4.69) is 70.9 Å². The van der Waals surface area contributed by atoms with Crippen LogP contribution in [-0.4, -0.2) is 36.5 Å². The molecule has 2 fully saturated rings. The molecule has 0 spiro atoms. The minimum absolute atomic E-state index is 0.152. The van der Waals surface area contributed by atoms with Gasteiger partial charge in [-0.1, -0.05) is 67.1 Å². The van der Waals surface area contributed by atoms with E-state index in [9.17, 15) is 4.79 Å². The van der Waals surface area contributed by atoms with E-state index >= 15 is 0 Å². The Morgan fingerprint density at radius 3 is 2.20 bits per heavy atom. The van der Waals surface area contributed by atoms with Gasteiger partial charge in [-0.05, 0) is 24.0 Å². The molecule has 4 rings (SSSR count). The van der Waals surface area contributed by atoms with Gasteiger partial charge in [-0.25, -0.2) is 0 Å². The summed E-state index contributed by atoms with van der Waals surface area (Å²) in [7, 11) is 0. The topological polar surface area (TPSA) is 32.3 Å². The zero-order valence-corrected chi connectivity index (χ0v) is 14.6. The van der Waals surface area contributed by atoms with E-state index in [0.29, 0.717) is 12.0 Å². The summed E-state index contributed by atoms with van der Waals surface area (Å²) >= 11 is 0. The van der Waals surface area contributed by atoms with Crippen LogP contribution in [0.3, 0.4) is 0 Å². The highest BCUT2D eigenvalue weighted by Gasteiger charge is 2.33. The third-order valence-electron chi connectivity index (χ3n) is 5.62. The first-order valence-electron chi connectivity index (χ1n) is 9.42. The lowest BCUT2D eigenvalue weighted by molar-refractivity contribution is -0.124. The number of nitrogens with one attached hydrogen (secondary N) is 1. The van der Waals surface area contributed by atoms with Gasteiger partial charge in [0.25, 0.3) is 0 Å². The molecule has 2 aromatic carbocycles. The van der Waals surface area contributed by atoms with Gasteiger partial charge in [0, 0.05) is 31.6 Å². The van der Waals surface area contributed by atoms with Crippen LogP contribution in [0.2, 0.25) is 0 Å². The summed E-state index contributed by atoms with van der Waals surface area (Å²) in [6.07, 6.45) is 3.31. The summed E-state index contributed by atoms with van der Waals surface area (Å²) in [4.78, 5) is 14.8. The average Bonchev–Trinajstić information content (AvgIpc) is 2.89. The quantitative estimate of drug-likeness (QED) is 0.929. The highest BCUT2D eigenvalue weighted by atomic mass is 16.2. The van der Waals surface area contributed by atoms with Crippen molar-refractivity contribution in [1.29, 1.82) is 0 Å². The summed E-state index contributed by atoms with van der Waals surface area (Å²) in [6, 6.07) is 21.8. The standard InChI is InChI=1S/C22H26N2O/c25-22-19-12-7-13-20(23-22)15-24(14-19)16-21(17-8-3-1-4-9-17)18-10-5-2-6-11-18/h1-6,8-11,19-21H,7,12-16H2,(H,23,25)/t19-,20+/m1/s1. The normalized spacial score (nSPS) is 24.0. The summed E-state index contributed by atoms with van der Waals surface area (Å²) in [5.74, 6) is 0.761. The Labute approximate surface area is 150 Å². The van der Waals surface area contributed by atoms with Gasteiger partial charge >= 0.3 is 0 Å². The van der Waals surface area contributed by atoms with Crippen LogP contribution in [0.25, 0.3) is 0 Å². The van der Waals surface area contributed by atoms with E-state index in [1.807, 2.05) is 0 Å². The van der Waals surface area contributed by atoms with Crippen molar-refractivity contribution in [1.82, 2.24) is 10.2 Å². The number of rotatable bonds is 4. The largest absolute Gasteiger partial charge is 0.352 e. The molecule has 25 heavy (non-hydrogen) atoms. The Morgan fingerprint density at radius 2 is 1.56 bits per heavy atom. The highest BCUT2D eigenvalue weighted by Crippen LogP contribution is 2.28. The van der Waals surface area contributed by atoms with E-state index in [-0.39, 0.29) is 11.8 Å². The van der Waals surface area contributed by atoms with Crippen LogP contribution in [0.5, 0.6) is 0 Å². The molecule has 2 saturated heterocycles. The fraction of sp³-hybridized carbons (Fsp3) is 0.409. The molecule has 0 saturated carbocycles. The number of amides is 1. The van der Waals surface area contributed by atoms with Crippen LogP contribution >= 0.6 is 0 Å². The molecule has 2 bridgehead atoms. The second-order valence-electron chi connectivity index (χ2n) is 7.43. The Bertz CT molecular complexity index is 661. The Kier molecular flexibility index (Phi) is 4.84. The molecule has 3 heteroatoms. The van der Waals surface area contributed by atoms with Crippen LogP contribution in [0.1, 0.15) is 36.3 Å². The van der Waals surface area contributed by atoms with Crippen molar-refractivity contribution in [3.05, 3.63) is 71.8 Å². The monoisotopic (exact) mass is 334 g/mol. The number of fused-ring (bicyclic) bond motifs is 3. The smallest absolute Gasteiger partial charge is 0.224 e. The molecular formula is C22H26N2O. The Hall–Kier alpha value is -2.13. The van der Waals surface area contributed by atoms with E-state index in [4.69, 9.17) is 0 Å². The Morgan fingerprint density at radius 1 is 0.920 bits per heavy atom. The van der Waals surface area contributed by atoms with Crippen molar-refractivity contribution in [2.75, 3.05) is 19.6 Å². The van der Waals surface area contributed by atoms with E-state index in [0.717, 1.165) is 32.5 Å². The lowest BCUT2D eigenvalue weighted by Gasteiger charge is -2.31. The molecule has 0 aromatic heterocycles. The van der Waals surface area contributed by atoms with Crippen molar-refractivity contribution in [2.24, 2.45) is 5.92 Å². The van der Waals surface area contributed by atoms with Gasteiger partial charge in [0.2, 0.25) is 5.91 Å². The van der Waals surface area contributed by atoms with Gasteiger partial charge in [0.05, 0.1) is 5.92 Å². The van der Waals surface area contributed by atoms with Gasteiger partial charge in [-0.15, -0.1) is 0 Å². The number of hydrogen-bond donors (Lipinski definition) is 1. The number of likely N-dealkylation sites (tertiary alicyclic amines) is 1. The number of benzene rings is 2. The average molecular weight is 334 g/mol. The van der Waals surface area contributed by atoms with Crippen molar-refractivity contribution in [3.63, 3.8) is 0 Å². The van der Waals surface area contributed by atoms with Crippen molar-refractivity contribution in [2.45, 2.75) is 31.2 Å². The van der Waals surface area contributed by atoms with Crippen LogP contribution < -0.4 is 5.32 Å². The molecule has 2 aromatic rings. The maximum atomic E-state index is 12.3. The van der Waals surface area contributed by atoms with Crippen LogP contribution in [0, 0.1) is 5.92 Å². The van der Waals surface area contributed by atoms with Gasteiger partial charge < -0.3 is 5.32 Å². The molecule has 2 aliphatic heterocycles. The number of hydrogen-bond acceptors (Lipinski definition) is 2. The first-order chi connectivity index (χ1) is 12.3. The van der Waals surface area contributed by atoms with Crippen molar-refractivity contribution < 1.29 is 4.79 Å². The van der Waals surface area contributed by atoms with Gasteiger partial charge in [0.1, 0.15) is 0 Å². The lowest BCUT2D eigenvalue weighted by Crippen LogP contribution is -2.40. The lowest BCUT2D eigenvalue weighted by atomic mass is 9.90. The molecule has 0 aliphatic carbocycles. The summed E-state index contributed by atoms with van der Waals surface area (Å²) in [5, 5.41) is 3.24. The number of carbonyl (C=O) groups excluding carboxylic acids is 1. The Balaban J connectivity index is 1.60. The molecule has 2 aliphatic rings. The summed E-state index contributed by atoms with van der Waals surface area (Å²) < 4.78 is 0. The van der Waals surface area contributed by atoms with E-state index in [1.165, 1.54) is 17.5 Å². The number of carbonyl (C=O) groups is 1. The molecule has 1 amide bonds. The molecule has 2 heterocycles. The van der Waals surface area contributed by atoms with Gasteiger partial charge in [-0.2, -0.15) is 0 Å². The summed E-state index contributed by atoms with van der Waals surface area (Å²) in [5.41, 5.74) is 2.70.